The Bertz CT molecular complexity index is 295. The minimum atomic E-state index is -4.79. The summed E-state index contributed by atoms with van der Waals surface area (Å²) in [6, 6.07) is 2.14. The van der Waals surface area contributed by atoms with E-state index in [1.165, 1.54) is 6.07 Å². The SMILES string of the molecule is Nc1cc(Cl)cc(OC(F)(F)F)n1. The van der Waals surface area contributed by atoms with Gasteiger partial charge in [0.05, 0.1) is 0 Å². The third-order valence-corrected chi connectivity index (χ3v) is 1.22. The number of halogens is 4. The minimum Gasteiger partial charge on any atom is -0.388 e. The van der Waals surface area contributed by atoms with Crippen molar-refractivity contribution in [3.8, 4) is 5.88 Å². The Kier molecular flexibility index (Phi) is 2.51. The van der Waals surface area contributed by atoms with E-state index in [2.05, 4.69) is 9.72 Å². The molecular formula is C6H4ClF3N2O. The fourth-order valence-electron chi connectivity index (χ4n) is 0.664. The van der Waals surface area contributed by atoms with E-state index in [0.29, 0.717) is 0 Å². The van der Waals surface area contributed by atoms with E-state index < -0.39 is 12.2 Å². The number of aromatic nitrogens is 1. The maximum atomic E-state index is 11.7. The number of anilines is 1. The van der Waals surface area contributed by atoms with E-state index in [0.717, 1.165) is 6.07 Å². The Morgan fingerprint density at radius 1 is 1.38 bits per heavy atom. The van der Waals surface area contributed by atoms with Gasteiger partial charge in [0, 0.05) is 11.1 Å². The maximum absolute atomic E-state index is 11.7. The van der Waals surface area contributed by atoms with E-state index >= 15 is 0 Å². The number of alkyl halides is 3. The fraction of sp³-hybridized carbons (Fsp3) is 0.167. The number of pyridine rings is 1. The summed E-state index contributed by atoms with van der Waals surface area (Å²) in [5.41, 5.74) is 5.14. The highest BCUT2D eigenvalue weighted by Crippen LogP contribution is 2.24. The van der Waals surface area contributed by atoms with Gasteiger partial charge in [-0.05, 0) is 6.07 Å². The first-order valence-corrected chi connectivity index (χ1v) is 3.43. The molecule has 72 valence electrons. The molecular weight excluding hydrogens is 209 g/mol. The third kappa shape index (κ3) is 3.37. The highest BCUT2D eigenvalue weighted by atomic mass is 35.5. The van der Waals surface area contributed by atoms with Crippen LogP contribution in [0.5, 0.6) is 5.88 Å². The van der Waals surface area contributed by atoms with E-state index in [-0.39, 0.29) is 10.8 Å². The van der Waals surface area contributed by atoms with Gasteiger partial charge in [0.15, 0.2) is 0 Å². The van der Waals surface area contributed by atoms with E-state index in [4.69, 9.17) is 17.3 Å². The zero-order chi connectivity index (χ0) is 10.1. The predicted molar refractivity (Wildman–Crippen MR) is 40.3 cm³/mol. The Balaban J connectivity index is 2.90. The van der Waals surface area contributed by atoms with Gasteiger partial charge < -0.3 is 10.5 Å². The van der Waals surface area contributed by atoms with Crippen molar-refractivity contribution in [3.63, 3.8) is 0 Å². The minimum absolute atomic E-state index is 0.0340. The molecule has 0 atom stereocenters. The lowest BCUT2D eigenvalue weighted by molar-refractivity contribution is -0.276. The molecule has 0 bridgehead atoms. The van der Waals surface area contributed by atoms with Crippen LogP contribution in [0.15, 0.2) is 12.1 Å². The molecule has 0 spiro atoms. The van der Waals surface area contributed by atoms with Crippen LogP contribution in [0.3, 0.4) is 0 Å². The standard InChI is InChI=1S/C6H4ClF3N2O/c7-3-1-4(11)12-5(2-3)13-6(8,9)10/h1-2H,(H2,11,12). The maximum Gasteiger partial charge on any atom is 0.574 e. The number of ether oxygens (including phenoxy) is 1. The van der Waals surface area contributed by atoms with Crippen LogP contribution in [0.25, 0.3) is 0 Å². The first-order valence-electron chi connectivity index (χ1n) is 3.05. The molecule has 2 N–H and O–H groups in total. The summed E-state index contributed by atoms with van der Waals surface area (Å²) in [7, 11) is 0. The normalized spacial score (nSPS) is 11.4. The number of nitrogen functional groups attached to an aromatic ring is 1. The van der Waals surface area contributed by atoms with Gasteiger partial charge in [-0.3, -0.25) is 0 Å². The van der Waals surface area contributed by atoms with E-state index in [9.17, 15) is 13.2 Å². The molecule has 0 aliphatic heterocycles. The molecule has 0 aliphatic rings. The highest BCUT2D eigenvalue weighted by Gasteiger charge is 2.31. The fourth-order valence-corrected chi connectivity index (χ4v) is 0.869. The molecule has 1 aromatic heterocycles. The summed E-state index contributed by atoms with van der Waals surface area (Å²) < 4.78 is 38.5. The van der Waals surface area contributed by atoms with E-state index in [1.807, 2.05) is 0 Å². The summed E-state index contributed by atoms with van der Waals surface area (Å²) in [6.45, 7) is 0. The quantitative estimate of drug-likeness (QED) is 0.777. The molecule has 0 unspecified atom stereocenters. The van der Waals surface area contributed by atoms with Crippen molar-refractivity contribution < 1.29 is 17.9 Å². The summed E-state index contributed by atoms with van der Waals surface area (Å²) in [5, 5.41) is 0.0340. The smallest absolute Gasteiger partial charge is 0.388 e. The second-order valence-corrected chi connectivity index (χ2v) is 2.53. The van der Waals surface area contributed by atoms with Gasteiger partial charge in [0.25, 0.3) is 0 Å². The van der Waals surface area contributed by atoms with Crippen LogP contribution in [0.4, 0.5) is 19.0 Å². The molecule has 0 saturated carbocycles. The molecule has 3 nitrogen and oxygen atoms in total. The zero-order valence-corrected chi connectivity index (χ0v) is 6.86. The van der Waals surface area contributed by atoms with Crippen LogP contribution >= 0.6 is 11.6 Å². The Labute approximate surface area is 76.3 Å². The molecule has 0 fully saturated rings. The van der Waals surface area contributed by atoms with Crippen LogP contribution in [-0.4, -0.2) is 11.3 Å². The van der Waals surface area contributed by atoms with Crippen molar-refractivity contribution in [1.29, 1.82) is 0 Å². The molecule has 1 rings (SSSR count). The average Bonchev–Trinajstić information content (AvgIpc) is 1.78. The predicted octanol–water partition coefficient (Wildman–Crippen LogP) is 2.22. The largest absolute Gasteiger partial charge is 0.574 e. The summed E-state index contributed by atoms with van der Waals surface area (Å²) in [4.78, 5) is 3.27. The molecule has 7 heteroatoms. The Hall–Kier alpha value is -1.17. The number of nitrogens with two attached hydrogens (primary N) is 1. The van der Waals surface area contributed by atoms with Crippen molar-refractivity contribution in [3.05, 3.63) is 17.2 Å². The summed E-state index contributed by atoms with van der Waals surface area (Å²) in [5.74, 6) is -0.802. The first kappa shape index (κ1) is 9.91. The molecule has 0 amide bonds. The van der Waals surface area contributed by atoms with Gasteiger partial charge >= 0.3 is 6.36 Å². The number of rotatable bonds is 1. The number of hydrogen-bond acceptors (Lipinski definition) is 3. The Morgan fingerprint density at radius 3 is 2.46 bits per heavy atom. The van der Waals surface area contributed by atoms with Crippen molar-refractivity contribution in [2.24, 2.45) is 0 Å². The third-order valence-electron chi connectivity index (χ3n) is 1.01. The van der Waals surface area contributed by atoms with Gasteiger partial charge in [-0.2, -0.15) is 4.98 Å². The van der Waals surface area contributed by atoms with Crippen LogP contribution in [0.1, 0.15) is 0 Å². The molecule has 0 aromatic carbocycles. The van der Waals surface area contributed by atoms with Crippen molar-refractivity contribution in [2.45, 2.75) is 6.36 Å². The highest BCUT2D eigenvalue weighted by molar-refractivity contribution is 6.30. The first-order chi connectivity index (χ1) is 5.87. The van der Waals surface area contributed by atoms with E-state index in [1.54, 1.807) is 0 Å². The number of hydrogen-bond donors (Lipinski definition) is 1. The molecule has 0 radical (unpaired) electrons. The lowest BCUT2D eigenvalue weighted by atomic mass is 10.4. The molecule has 0 saturated heterocycles. The summed E-state index contributed by atoms with van der Waals surface area (Å²) in [6.07, 6.45) is -4.79. The lowest BCUT2D eigenvalue weighted by Crippen LogP contribution is -2.18. The molecule has 1 aromatic rings. The van der Waals surface area contributed by atoms with Crippen molar-refractivity contribution in [1.82, 2.24) is 4.98 Å². The van der Waals surface area contributed by atoms with Crippen LogP contribution in [-0.2, 0) is 0 Å². The van der Waals surface area contributed by atoms with Gasteiger partial charge in [-0.15, -0.1) is 13.2 Å². The number of nitrogens with zero attached hydrogens (tertiary/aromatic N) is 1. The average molecular weight is 213 g/mol. The second-order valence-electron chi connectivity index (χ2n) is 2.10. The van der Waals surface area contributed by atoms with Gasteiger partial charge in [0.2, 0.25) is 5.88 Å². The van der Waals surface area contributed by atoms with Crippen LogP contribution < -0.4 is 10.5 Å². The monoisotopic (exact) mass is 212 g/mol. The van der Waals surface area contributed by atoms with Crippen molar-refractivity contribution in [2.75, 3.05) is 5.73 Å². The van der Waals surface area contributed by atoms with Gasteiger partial charge in [0.1, 0.15) is 5.82 Å². The van der Waals surface area contributed by atoms with Crippen LogP contribution in [0.2, 0.25) is 5.02 Å². The molecule has 13 heavy (non-hydrogen) atoms. The van der Waals surface area contributed by atoms with Gasteiger partial charge in [-0.1, -0.05) is 11.6 Å². The van der Waals surface area contributed by atoms with Gasteiger partial charge in [-0.25, -0.2) is 0 Å². The molecule has 1 heterocycles. The Morgan fingerprint density at radius 2 is 2.00 bits per heavy atom. The lowest BCUT2D eigenvalue weighted by Gasteiger charge is -2.07. The topological polar surface area (TPSA) is 48.1 Å². The van der Waals surface area contributed by atoms with Crippen LogP contribution in [0, 0.1) is 0 Å². The summed E-state index contributed by atoms with van der Waals surface area (Å²) >= 11 is 5.41. The van der Waals surface area contributed by atoms with Crippen molar-refractivity contribution >= 4 is 17.4 Å². The molecule has 0 aliphatic carbocycles. The zero-order valence-electron chi connectivity index (χ0n) is 6.10. The second kappa shape index (κ2) is 3.29.